The second-order valence-corrected chi connectivity index (χ2v) is 9.87. The van der Waals surface area contributed by atoms with Gasteiger partial charge in [0.1, 0.15) is 11.6 Å². The Balaban J connectivity index is 1.04. The van der Waals surface area contributed by atoms with Gasteiger partial charge in [0, 0.05) is 41.6 Å². The second-order valence-electron chi connectivity index (χ2n) is 8.68. The molecular weight excluding hydrogens is 419 g/mol. The molecule has 2 aliphatic rings. The topological polar surface area (TPSA) is 49.8 Å². The van der Waals surface area contributed by atoms with Crippen LogP contribution in [-0.4, -0.2) is 21.4 Å². The molecule has 2 saturated carbocycles. The molecule has 0 atom stereocenters. The van der Waals surface area contributed by atoms with Crippen LogP contribution in [-0.2, 0) is 13.0 Å². The number of rotatable bonds is 7. The third-order valence-electron chi connectivity index (χ3n) is 6.27. The summed E-state index contributed by atoms with van der Waals surface area (Å²) in [4.78, 5) is 4.65. The minimum atomic E-state index is -0.166. The SMILES string of the molecule is Fc1cccc(CNC2CC3(C2)CC(Nc2nc(Cc4ccc(Cl)cc4)ns2)C3)c1. The molecule has 0 bridgehead atoms. The van der Waals surface area contributed by atoms with Crippen LogP contribution in [0.5, 0.6) is 0 Å². The molecule has 7 heteroatoms. The van der Waals surface area contributed by atoms with Crippen LogP contribution in [0.25, 0.3) is 0 Å². The molecular formula is C23H24ClFN4S. The van der Waals surface area contributed by atoms with E-state index in [0.29, 0.717) is 17.5 Å². The monoisotopic (exact) mass is 442 g/mol. The van der Waals surface area contributed by atoms with Crippen molar-refractivity contribution in [2.75, 3.05) is 5.32 Å². The van der Waals surface area contributed by atoms with Gasteiger partial charge < -0.3 is 10.6 Å². The van der Waals surface area contributed by atoms with Crippen molar-refractivity contribution >= 4 is 28.3 Å². The van der Waals surface area contributed by atoms with E-state index in [2.05, 4.69) is 20.0 Å². The van der Waals surface area contributed by atoms with Gasteiger partial charge in [0.15, 0.2) is 0 Å². The summed E-state index contributed by atoms with van der Waals surface area (Å²) in [6.45, 7) is 0.737. The Morgan fingerprint density at radius 2 is 1.80 bits per heavy atom. The zero-order valence-electron chi connectivity index (χ0n) is 16.6. The molecule has 1 heterocycles. The third-order valence-corrected chi connectivity index (χ3v) is 7.21. The molecule has 5 rings (SSSR count). The summed E-state index contributed by atoms with van der Waals surface area (Å²) in [6.07, 6.45) is 5.52. The van der Waals surface area contributed by atoms with Crippen LogP contribution in [0.4, 0.5) is 9.52 Å². The van der Waals surface area contributed by atoms with E-state index in [0.717, 1.165) is 40.1 Å². The highest BCUT2D eigenvalue weighted by molar-refractivity contribution is 7.09. The van der Waals surface area contributed by atoms with E-state index >= 15 is 0 Å². The fourth-order valence-corrected chi connectivity index (χ4v) is 5.59. The molecule has 0 amide bonds. The van der Waals surface area contributed by atoms with Gasteiger partial charge in [-0.1, -0.05) is 35.9 Å². The Kier molecular flexibility index (Phi) is 5.48. The number of anilines is 1. The first-order valence-corrected chi connectivity index (χ1v) is 11.5. The van der Waals surface area contributed by atoms with Crippen LogP contribution in [0.3, 0.4) is 0 Å². The summed E-state index contributed by atoms with van der Waals surface area (Å²) in [5.41, 5.74) is 2.65. The van der Waals surface area contributed by atoms with Crippen molar-refractivity contribution in [2.24, 2.45) is 5.41 Å². The lowest BCUT2D eigenvalue weighted by Gasteiger charge is -2.58. The van der Waals surface area contributed by atoms with E-state index < -0.39 is 0 Å². The Morgan fingerprint density at radius 1 is 1.03 bits per heavy atom. The molecule has 2 aromatic carbocycles. The summed E-state index contributed by atoms with van der Waals surface area (Å²) in [5, 5.41) is 8.78. The maximum absolute atomic E-state index is 13.3. The quantitative estimate of drug-likeness (QED) is 0.512. The first kappa shape index (κ1) is 19.9. The maximum atomic E-state index is 13.3. The molecule has 1 spiro atoms. The van der Waals surface area contributed by atoms with Gasteiger partial charge in [-0.2, -0.15) is 4.37 Å². The Bertz CT molecular complexity index is 1010. The van der Waals surface area contributed by atoms with E-state index in [1.165, 1.54) is 43.3 Å². The minimum absolute atomic E-state index is 0.166. The van der Waals surface area contributed by atoms with E-state index in [9.17, 15) is 4.39 Å². The van der Waals surface area contributed by atoms with Gasteiger partial charge >= 0.3 is 0 Å². The summed E-state index contributed by atoms with van der Waals surface area (Å²) in [7, 11) is 0. The Morgan fingerprint density at radius 3 is 2.57 bits per heavy atom. The van der Waals surface area contributed by atoms with Crippen molar-refractivity contribution in [3.63, 3.8) is 0 Å². The van der Waals surface area contributed by atoms with Crippen molar-refractivity contribution in [3.05, 3.63) is 76.3 Å². The molecule has 3 aromatic rings. The molecule has 2 fully saturated rings. The Hall–Kier alpha value is -2.02. The number of hydrogen-bond acceptors (Lipinski definition) is 5. The summed E-state index contributed by atoms with van der Waals surface area (Å²) >= 11 is 7.38. The number of benzene rings is 2. The van der Waals surface area contributed by atoms with Gasteiger partial charge in [-0.05, 0) is 66.5 Å². The summed E-state index contributed by atoms with van der Waals surface area (Å²) < 4.78 is 17.8. The largest absolute Gasteiger partial charge is 0.358 e. The minimum Gasteiger partial charge on any atom is -0.358 e. The van der Waals surface area contributed by atoms with Gasteiger partial charge in [-0.3, -0.25) is 0 Å². The average molecular weight is 443 g/mol. The maximum Gasteiger partial charge on any atom is 0.202 e. The van der Waals surface area contributed by atoms with Crippen molar-refractivity contribution in [1.29, 1.82) is 0 Å². The van der Waals surface area contributed by atoms with E-state index in [4.69, 9.17) is 11.6 Å². The molecule has 2 aliphatic carbocycles. The van der Waals surface area contributed by atoms with E-state index in [1.54, 1.807) is 12.1 Å². The highest BCUT2D eigenvalue weighted by atomic mass is 35.5. The molecule has 0 aliphatic heterocycles. The van der Waals surface area contributed by atoms with Crippen LogP contribution in [0.15, 0.2) is 48.5 Å². The molecule has 0 radical (unpaired) electrons. The summed E-state index contributed by atoms with van der Waals surface area (Å²) in [5.74, 6) is 0.685. The van der Waals surface area contributed by atoms with Gasteiger partial charge in [-0.15, -0.1) is 0 Å². The van der Waals surface area contributed by atoms with E-state index in [1.807, 2.05) is 30.3 Å². The second kappa shape index (κ2) is 8.25. The lowest BCUT2D eigenvalue weighted by atomic mass is 9.52. The van der Waals surface area contributed by atoms with Crippen LogP contribution < -0.4 is 10.6 Å². The lowest BCUT2D eigenvalue weighted by Crippen LogP contribution is -2.58. The van der Waals surface area contributed by atoms with Crippen LogP contribution in [0, 0.1) is 11.2 Å². The van der Waals surface area contributed by atoms with Gasteiger partial charge in [-0.25, -0.2) is 9.37 Å². The van der Waals surface area contributed by atoms with Gasteiger partial charge in [0.25, 0.3) is 0 Å². The third kappa shape index (κ3) is 4.51. The predicted octanol–water partition coefficient (Wildman–Crippen LogP) is 5.43. The number of nitrogens with zero attached hydrogens (tertiary/aromatic N) is 2. The van der Waals surface area contributed by atoms with E-state index in [-0.39, 0.29) is 5.82 Å². The molecule has 156 valence electrons. The first-order valence-electron chi connectivity index (χ1n) is 10.4. The normalized spacial score (nSPS) is 25.0. The molecule has 4 nitrogen and oxygen atoms in total. The summed E-state index contributed by atoms with van der Waals surface area (Å²) in [6, 6.07) is 15.7. The zero-order chi connectivity index (χ0) is 20.6. The van der Waals surface area contributed by atoms with Crippen LogP contribution in [0.1, 0.15) is 42.6 Å². The van der Waals surface area contributed by atoms with Crippen molar-refractivity contribution in [2.45, 2.75) is 50.7 Å². The predicted molar refractivity (Wildman–Crippen MR) is 120 cm³/mol. The molecule has 0 unspecified atom stereocenters. The average Bonchev–Trinajstić information content (AvgIpc) is 3.10. The highest BCUT2D eigenvalue weighted by Gasteiger charge is 2.52. The number of hydrogen-bond donors (Lipinski definition) is 2. The van der Waals surface area contributed by atoms with Crippen molar-refractivity contribution in [3.8, 4) is 0 Å². The fourth-order valence-electron chi connectivity index (χ4n) is 4.80. The highest BCUT2D eigenvalue weighted by Crippen LogP contribution is 2.56. The molecule has 1 aromatic heterocycles. The van der Waals surface area contributed by atoms with Crippen LogP contribution in [0.2, 0.25) is 5.02 Å². The number of halogens is 2. The standard InChI is InChI=1S/C23H24ClFN4S/c24-17-6-4-15(5-7-17)9-21-28-22(30-29-21)27-20-12-23(13-20)10-19(11-23)26-14-16-2-1-3-18(25)8-16/h1-8,19-20,26H,9-14H2,(H,27,28,29). The van der Waals surface area contributed by atoms with Crippen molar-refractivity contribution < 1.29 is 4.39 Å². The van der Waals surface area contributed by atoms with Crippen LogP contribution >= 0.6 is 23.1 Å². The molecule has 30 heavy (non-hydrogen) atoms. The molecule has 0 saturated heterocycles. The number of aromatic nitrogens is 2. The first-order chi connectivity index (χ1) is 14.6. The van der Waals surface area contributed by atoms with Gasteiger partial charge in [0.05, 0.1) is 0 Å². The zero-order valence-corrected chi connectivity index (χ0v) is 18.1. The van der Waals surface area contributed by atoms with Gasteiger partial charge in [0.2, 0.25) is 5.13 Å². The smallest absolute Gasteiger partial charge is 0.202 e. The Labute approximate surface area is 185 Å². The fraction of sp³-hybridized carbons (Fsp3) is 0.391. The number of nitrogens with one attached hydrogen (secondary N) is 2. The molecule has 2 N–H and O–H groups in total. The van der Waals surface area contributed by atoms with Crippen molar-refractivity contribution in [1.82, 2.24) is 14.7 Å². The lowest BCUT2D eigenvalue weighted by molar-refractivity contribution is -0.0125.